The number of furan rings is 1. The van der Waals surface area contributed by atoms with E-state index in [1.807, 2.05) is 31.2 Å². The van der Waals surface area contributed by atoms with Gasteiger partial charge in [0.1, 0.15) is 11.3 Å². The highest BCUT2D eigenvalue weighted by Crippen LogP contribution is 2.33. The maximum atomic E-state index is 12.5. The molecule has 1 N–H and O–H groups in total. The number of hydrogen-bond donors (Lipinski definition) is 1. The smallest absolute Gasteiger partial charge is 0.280 e. The Balaban J connectivity index is 1.73. The average molecular weight is 332 g/mol. The molecule has 4 nitrogen and oxygen atoms in total. The number of halogens is 2. The number of methoxy groups -OCH3 is 1. The summed E-state index contributed by atoms with van der Waals surface area (Å²) in [6, 6.07) is 10.6. The van der Waals surface area contributed by atoms with Gasteiger partial charge in [-0.05, 0) is 30.7 Å². The van der Waals surface area contributed by atoms with Crippen LogP contribution in [0.4, 0.5) is 8.78 Å². The van der Waals surface area contributed by atoms with E-state index in [2.05, 4.69) is 10.3 Å². The fourth-order valence-corrected chi connectivity index (χ4v) is 2.58. The maximum absolute atomic E-state index is 12.5. The number of nitrogens with zero attached hydrogens (tertiary/aromatic N) is 1. The Labute approximate surface area is 138 Å². The van der Waals surface area contributed by atoms with Crippen molar-refractivity contribution in [3.63, 3.8) is 0 Å². The Morgan fingerprint density at radius 1 is 1.21 bits per heavy atom. The first-order valence-electron chi connectivity index (χ1n) is 7.62. The standard InChI is InChI=1S/C18H18F2N2O2/c1-11(12-7-8-14(18(19)20)22-9-12)21-10-16-17(23-2)13-5-3-4-6-15(13)24-16/h3-9,11,18,21H,10H2,1-2H3. The number of aromatic nitrogens is 1. The number of rotatable bonds is 6. The van der Waals surface area contributed by atoms with Crippen molar-refractivity contribution in [2.75, 3.05) is 7.11 Å². The van der Waals surface area contributed by atoms with Crippen LogP contribution >= 0.6 is 0 Å². The molecule has 1 unspecified atom stereocenters. The fourth-order valence-electron chi connectivity index (χ4n) is 2.58. The fraction of sp³-hybridized carbons (Fsp3) is 0.278. The summed E-state index contributed by atoms with van der Waals surface area (Å²) in [4.78, 5) is 3.78. The number of benzene rings is 1. The van der Waals surface area contributed by atoms with Crippen molar-refractivity contribution in [2.45, 2.75) is 25.9 Å². The summed E-state index contributed by atoms with van der Waals surface area (Å²) >= 11 is 0. The molecular formula is C18H18F2N2O2. The summed E-state index contributed by atoms with van der Waals surface area (Å²) in [6.07, 6.45) is -1.09. The molecule has 3 rings (SSSR count). The number of pyridine rings is 1. The summed E-state index contributed by atoms with van der Waals surface area (Å²) in [5, 5.41) is 4.22. The molecule has 6 heteroatoms. The van der Waals surface area contributed by atoms with Gasteiger partial charge < -0.3 is 14.5 Å². The molecular weight excluding hydrogens is 314 g/mol. The molecule has 0 aliphatic carbocycles. The highest BCUT2D eigenvalue weighted by atomic mass is 19.3. The van der Waals surface area contributed by atoms with Crippen LogP contribution in [0.5, 0.6) is 5.75 Å². The minimum absolute atomic E-state index is 0.0675. The van der Waals surface area contributed by atoms with Crippen LogP contribution in [-0.4, -0.2) is 12.1 Å². The van der Waals surface area contributed by atoms with Crippen LogP contribution < -0.4 is 10.1 Å². The monoisotopic (exact) mass is 332 g/mol. The van der Waals surface area contributed by atoms with E-state index in [4.69, 9.17) is 9.15 Å². The third-order valence-electron chi connectivity index (χ3n) is 3.92. The molecule has 1 atom stereocenters. The van der Waals surface area contributed by atoms with Gasteiger partial charge in [0.15, 0.2) is 11.5 Å². The van der Waals surface area contributed by atoms with Gasteiger partial charge >= 0.3 is 0 Å². The summed E-state index contributed by atoms with van der Waals surface area (Å²) in [5.41, 5.74) is 1.38. The third-order valence-corrected chi connectivity index (χ3v) is 3.92. The molecule has 2 aromatic heterocycles. The molecule has 0 bridgehead atoms. The van der Waals surface area contributed by atoms with Gasteiger partial charge in [-0.1, -0.05) is 18.2 Å². The summed E-state index contributed by atoms with van der Waals surface area (Å²) in [6.45, 7) is 2.39. The van der Waals surface area contributed by atoms with E-state index in [0.717, 1.165) is 16.5 Å². The van der Waals surface area contributed by atoms with Gasteiger partial charge in [0.2, 0.25) is 0 Å². The molecule has 1 aromatic carbocycles. The second-order valence-corrected chi connectivity index (χ2v) is 5.47. The van der Waals surface area contributed by atoms with Crippen LogP contribution in [0.2, 0.25) is 0 Å². The molecule has 2 heterocycles. The van der Waals surface area contributed by atoms with Crippen molar-refractivity contribution < 1.29 is 17.9 Å². The van der Waals surface area contributed by atoms with Gasteiger partial charge in [-0.25, -0.2) is 8.78 Å². The van der Waals surface area contributed by atoms with Crippen molar-refractivity contribution in [1.29, 1.82) is 0 Å². The van der Waals surface area contributed by atoms with Crippen LogP contribution in [0, 0.1) is 0 Å². The zero-order valence-electron chi connectivity index (χ0n) is 13.4. The van der Waals surface area contributed by atoms with Crippen molar-refractivity contribution in [3.8, 4) is 5.75 Å². The van der Waals surface area contributed by atoms with Crippen LogP contribution in [0.25, 0.3) is 11.0 Å². The zero-order valence-corrected chi connectivity index (χ0v) is 13.4. The molecule has 0 fully saturated rings. The molecule has 24 heavy (non-hydrogen) atoms. The van der Waals surface area contributed by atoms with Gasteiger partial charge in [-0.2, -0.15) is 0 Å². The molecule has 0 saturated carbocycles. The number of fused-ring (bicyclic) bond motifs is 1. The first-order chi connectivity index (χ1) is 11.6. The van der Waals surface area contributed by atoms with Gasteiger partial charge in [-0.15, -0.1) is 0 Å². The lowest BCUT2D eigenvalue weighted by Crippen LogP contribution is -2.18. The Bertz CT molecular complexity index is 816. The molecule has 126 valence electrons. The lowest BCUT2D eigenvalue weighted by atomic mass is 10.1. The van der Waals surface area contributed by atoms with E-state index in [1.165, 1.54) is 12.3 Å². The van der Waals surface area contributed by atoms with Crippen LogP contribution in [0.1, 0.15) is 36.4 Å². The van der Waals surface area contributed by atoms with Gasteiger partial charge in [-0.3, -0.25) is 4.98 Å². The van der Waals surface area contributed by atoms with Crippen molar-refractivity contribution in [2.24, 2.45) is 0 Å². The molecule has 0 amide bonds. The van der Waals surface area contributed by atoms with E-state index in [0.29, 0.717) is 18.1 Å². The largest absolute Gasteiger partial charge is 0.492 e. The number of para-hydroxylation sites is 1. The van der Waals surface area contributed by atoms with Crippen molar-refractivity contribution >= 4 is 11.0 Å². The zero-order chi connectivity index (χ0) is 17.1. The van der Waals surface area contributed by atoms with Crippen molar-refractivity contribution in [1.82, 2.24) is 10.3 Å². The predicted octanol–water partition coefficient (Wildman–Crippen LogP) is 4.62. The van der Waals surface area contributed by atoms with E-state index >= 15 is 0 Å². The lowest BCUT2D eigenvalue weighted by Gasteiger charge is -2.14. The molecule has 0 radical (unpaired) electrons. The molecule has 0 saturated heterocycles. The van der Waals surface area contributed by atoms with Crippen molar-refractivity contribution in [3.05, 3.63) is 59.6 Å². The average Bonchev–Trinajstić information content (AvgIpc) is 2.97. The SMILES string of the molecule is COc1c(CNC(C)c2ccc(C(F)F)nc2)oc2ccccc12. The minimum atomic E-state index is -2.55. The Morgan fingerprint density at radius 3 is 2.67 bits per heavy atom. The predicted molar refractivity (Wildman–Crippen MR) is 87.2 cm³/mol. The quantitative estimate of drug-likeness (QED) is 0.715. The number of ether oxygens (including phenoxy) is 1. The van der Waals surface area contributed by atoms with Crippen LogP contribution in [-0.2, 0) is 6.54 Å². The topological polar surface area (TPSA) is 47.3 Å². The second kappa shape index (κ2) is 6.97. The highest BCUT2D eigenvalue weighted by Gasteiger charge is 2.16. The molecule has 0 aliphatic heterocycles. The van der Waals surface area contributed by atoms with E-state index in [9.17, 15) is 8.78 Å². The first kappa shape index (κ1) is 16.4. The van der Waals surface area contributed by atoms with E-state index in [1.54, 1.807) is 13.2 Å². The number of alkyl halides is 2. The van der Waals surface area contributed by atoms with Gasteiger partial charge in [0, 0.05) is 12.2 Å². The van der Waals surface area contributed by atoms with Crippen LogP contribution in [0.3, 0.4) is 0 Å². The second-order valence-electron chi connectivity index (χ2n) is 5.47. The number of nitrogens with one attached hydrogen (secondary N) is 1. The molecule has 3 aromatic rings. The van der Waals surface area contributed by atoms with Crippen LogP contribution in [0.15, 0.2) is 47.0 Å². The third kappa shape index (κ3) is 3.23. The lowest BCUT2D eigenvalue weighted by molar-refractivity contribution is 0.146. The summed E-state index contributed by atoms with van der Waals surface area (Å²) < 4.78 is 36.4. The molecule has 0 aliphatic rings. The summed E-state index contributed by atoms with van der Waals surface area (Å²) in [7, 11) is 1.61. The first-order valence-corrected chi connectivity index (χ1v) is 7.62. The van der Waals surface area contributed by atoms with E-state index < -0.39 is 6.43 Å². The Kier molecular flexibility index (Phi) is 4.76. The maximum Gasteiger partial charge on any atom is 0.280 e. The number of hydrogen-bond acceptors (Lipinski definition) is 4. The molecule has 0 spiro atoms. The minimum Gasteiger partial charge on any atom is -0.492 e. The summed E-state index contributed by atoms with van der Waals surface area (Å²) in [5.74, 6) is 1.40. The highest BCUT2D eigenvalue weighted by molar-refractivity contribution is 5.85. The Hall–Kier alpha value is -2.47. The van der Waals surface area contributed by atoms with E-state index in [-0.39, 0.29) is 11.7 Å². The normalized spacial score (nSPS) is 12.7. The van der Waals surface area contributed by atoms with Gasteiger partial charge in [0.05, 0.1) is 19.0 Å². The van der Waals surface area contributed by atoms with Gasteiger partial charge in [0.25, 0.3) is 6.43 Å². The Morgan fingerprint density at radius 2 is 2.00 bits per heavy atom.